The normalized spacial score (nSPS) is 40.4. The lowest BCUT2D eigenvalue weighted by molar-refractivity contribution is -0.144. The highest BCUT2D eigenvalue weighted by molar-refractivity contribution is 5.92. The van der Waals surface area contributed by atoms with Gasteiger partial charge < -0.3 is 41.3 Å². The predicted molar refractivity (Wildman–Crippen MR) is 174 cm³/mol. The molecular formula is C35H53N5O5. The van der Waals surface area contributed by atoms with Crippen LogP contribution in [0.3, 0.4) is 0 Å². The zero-order valence-electron chi connectivity index (χ0n) is 27.0. The van der Waals surface area contributed by atoms with Gasteiger partial charge in [-0.1, -0.05) is 43.7 Å². The van der Waals surface area contributed by atoms with Crippen LogP contribution in [-0.2, 0) is 9.53 Å². The van der Waals surface area contributed by atoms with Crippen LogP contribution in [0.5, 0.6) is 0 Å². The molecule has 1 heterocycles. The topological polar surface area (TPSA) is 153 Å². The Morgan fingerprint density at radius 2 is 2.00 bits per heavy atom. The molecule has 0 aromatic carbocycles. The Morgan fingerprint density at radius 1 is 1.18 bits per heavy atom. The van der Waals surface area contributed by atoms with Gasteiger partial charge in [0.15, 0.2) is 5.96 Å². The van der Waals surface area contributed by atoms with Gasteiger partial charge in [0.1, 0.15) is 5.60 Å². The number of rotatable bonds is 11. The number of aliphatic hydroxyl groups is 2. The summed E-state index contributed by atoms with van der Waals surface area (Å²) in [4.78, 5) is 19.9. The molecular weight excluding hydrogens is 570 g/mol. The van der Waals surface area contributed by atoms with Crippen LogP contribution in [0.2, 0.25) is 0 Å². The second kappa shape index (κ2) is 13.0. The Morgan fingerprint density at radius 3 is 2.78 bits per heavy atom. The fourth-order valence-corrected chi connectivity index (χ4v) is 10.5. The van der Waals surface area contributed by atoms with Gasteiger partial charge in [0.05, 0.1) is 31.4 Å². The van der Waals surface area contributed by atoms with E-state index in [1.165, 1.54) is 0 Å². The molecule has 0 saturated heterocycles. The number of hydrogen-bond donors (Lipinski definition) is 6. The number of likely N-dealkylation sites (N-methyl/N-ethyl adjacent to an activating group) is 1. The van der Waals surface area contributed by atoms with E-state index in [1.807, 2.05) is 18.1 Å². The molecule has 0 radical (unpaired) electrons. The summed E-state index contributed by atoms with van der Waals surface area (Å²) in [5, 5.41) is 39.5. The number of hydrogen-bond acceptors (Lipinski definition) is 7. The number of aliphatic imine (C=N–C) groups is 1. The van der Waals surface area contributed by atoms with Crippen molar-refractivity contribution in [2.75, 3.05) is 53.0 Å². The summed E-state index contributed by atoms with van der Waals surface area (Å²) >= 11 is 0. The Balaban J connectivity index is 1.38. The van der Waals surface area contributed by atoms with E-state index >= 15 is 0 Å². The number of allylic oxidation sites excluding steroid dienone is 4. The summed E-state index contributed by atoms with van der Waals surface area (Å²) in [6.45, 7) is 5.32. The van der Waals surface area contributed by atoms with Gasteiger partial charge in [-0.25, -0.2) is 4.79 Å². The minimum atomic E-state index is -1.59. The highest BCUT2D eigenvalue weighted by atomic mass is 16.5. The third-order valence-electron chi connectivity index (χ3n) is 12.4. The highest BCUT2D eigenvalue weighted by Gasteiger charge is 2.75. The molecule has 0 amide bonds. The Bertz CT molecular complexity index is 1280. The van der Waals surface area contributed by atoms with Crippen LogP contribution < -0.4 is 16.4 Å². The fourth-order valence-electron chi connectivity index (χ4n) is 10.5. The number of carboxylic acid groups (broad SMARTS) is 1. The van der Waals surface area contributed by atoms with Crippen LogP contribution >= 0.6 is 0 Å². The summed E-state index contributed by atoms with van der Waals surface area (Å²) in [6.07, 6.45) is 18.9. The Kier molecular flexibility index (Phi) is 9.34. The van der Waals surface area contributed by atoms with E-state index in [0.29, 0.717) is 50.9 Å². The molecule has 2 bridgehead atoms. The van der Waals surface area contributed by atoms with Crippen molar-refractivity contribution < 1.29 is 24.9 Å². The van der Waals surface area contributed by atoms with Gasteiger partial charge in [0.2, 0.25) is 0 Å². The number of fused-ring (bicyclic) bond motifs is 1. The molecule has 45 heavy (non-hydrogen) atoms. The maximum atomic E-state index is 13.2. The quantitative estimate of drug-likeness (QED) is 0.116. The van der Waals surface area contributed by atoms with E-state index in [4.69, 9.17) is 10.5 Å². The van der Waals surface area contributed by atoms with Crippen LogP contribution in [0.25, 0.3) is 0 Å². The van der Waals surface area contributed by atoms with Gasteiger partial charge >= 0.3 is 5.97 Å². The Hall–Kier alpha value is -2.50. The van der Waals surface area contributed by atoms with E-state index < -0.39 is 17.0 Å². The zero-order chi connectivity index (χ0) is 31.8. The molecule has 3 saturated carbocycles. The van der Waals surface area contributed by atoms with Crippen LogP contribution in [0, 0.1) is 40.4 Å². The first-order valence-electron chi connectivity index (χ1n) is 17.1. The number of nitrogens with one attached hydrogen (secondary N) is 2. The lowest BCUT2D eigenvalue weighted by atomic mass is 9.46. The molecule has 9 atom stereocenters. The van der Waals surface area contributed by atoms with Crippen molar-refractivity contribution in [3.63, 3.8) is 0 Å². The Labute approximate surface area is 267 Å². The number of carboxylic acids is 1. The lowest BCUT2D eigenvalue weighted by Gasteiger charge is -2.61. The van der Waals surface area contributed by atoms with Gasteiger partial charge in [-0.3, -0.25) is 4.99 Å². The number of ether oxygens (including phenoxy) is 1. The molecule has 2 spiro atoms. The van der Waals surface area contributed by atoms with Crippen molar-refractivity contribution in [2.24, 2.45) is 51.1 Å². The molecule has 5 aliphatic carbocycles. The SMILES string of the molecule is CNCCN=C(N)N1C=C[C@H](CNCCO)[C@@]2(C1)[C@@H]1CC[C@@H](C)[C@]23C[C@](O)(CO[C@@H]2CCC[C@@H]4C=CC=C[C@H]42)C(C(=O)O)=C3C1. The molecule has 1 aliphatic heterocycles. The number of nitrogens with zero attached hydrogens (tertiary/aromatic N) is 2. The van der Waals surface area contributed by atoms with Crippen molar-refractivity contribution in [3.8, 4) is 0 Å². The van der Waals surface area contributed by atoms with E-state index in [1.54, 1.807) is 0 Å². The molecule has 0 aromatic heterocycles. The number of nitrogens with two attached hydrogens (primary N) is 1. The lowest BCUT2D eigenvalue weighted by Crippen LogP contribution is -2.62. The molecule has 248 valence electrons. The van der Waals surface area contributed by atoms with E-state index in [0.717, 1.165) is 44.2 Å². The summed E-state index contributed by atoms with van der Waals surface area (Å²) in [6, 6.07) is 0. The van der Waals surface area contributed by atoms with E-state index in [2.05, 4.69) is 52.9 Å². The second-order valence-electron chi connectivity index (χ2n) is 14.4. The van der Waals surface area contributed by atoms with Crippen molar-refractivity contribution in [3.05, 3.63) is 47.7 Å². The summed E-state index contributed by atoms with van der Waals surface area (Å²) in [5.74, 6) is 0.566. The van der Waals surface area contributed by atoms with Gasteiger partial charge in [0.25, 0.3) is 0 Å². The van der Waals surface area contributed by atoms with Crippen molar-refractivity contribution >= 4 is 11.9 Å². The van der Waals surface area contributed by atoms with Crippen LogP contribution in [0.1, 0.15) is 51.9 Å². The maximum absolute atomic E-state index is 13.2. The molecule has 6 rings (SSSR count). The first-order valence-corrected chi connectivity index (χ1v) is 17.1. The second-order valence-corrected chi connectivity index (χ2v) is 14.4. The molecule has 7 N–H and O–H groups in total. The third kappa shape index (κ3) is 5.30. The standard InChI is InChI=1S/C35H53N5O5/c1-23-10-11-25-18-28-30(31(42)43)33(44,22-45-29-9-5-7-24-6-3-4-8-27(24)29)20-34(23,28)35(25)21-40(32(36)39-14-13-37-2)16-12-26(35)19-38-15-17-41/h3-4,6,8,12,16,23-27,29,37-38,41,44H,5,7,9-11,13-15,17-22H2,1-2H3,(H2,36,39)(H,42,43)/t23-,24+,25-,26-,27-,29-,33+,34+,35-/m1/s1. The zero-order valence-corrected chi connectivity index (χ0v) is 27.0. The first kappa shape index (κ1) is 32.4. The minimum absolute atomic E-state index is 0.0145. The van der Waals surface area contributed by atoms with Gasteiger partial charge in [0, 0.05) is 49.1 Å². The molecule has 10 heteroatoms. The maximum Gasteiger partial charge on any atom is 0.334 e. The molecule has 0 aromatic rings. The summed E-state index contributed by atoms with van der Waals surface area (Å²) in [5.41, 5.74) is 5.19. The van der Waals surface area contributed by atoms with E-state index in [9.17, 15) is 20.1 Å². The predicted octanol–water partition coefficient (Wildman–Crippen LogP) is 2.41. The van der Waals surface area contributed by atoms with Gasteiger partial charge in [-0.15, -0.1) is 0 Å². The molecule has 10 nitrogen and oxygen atoms in total. The number of aliphatic carboxylic acids is 1. The fraction of sp³-hybridized carbons (Fsp3) is 0.714. The molecule has 0 unspecified atom stereocenters. The van der Waals surface area contributed by atoms with Gasteiger partial charge in [-0.2, -0.15) is 0 Å². The largest absolute Gasteiger partial charge is 0.478 e. The number of guanidine groups is 1. The number of carbonyl (C=O) groups is 1. The minimum Gasteiger partial charge on any atom is -0.478 e. The van der Waals surface area contributed by atoms with Crippen molar-refractivity contribution in [1.82, 2.24) is 15.5 Å². The van der Waals surface area contributed by atoms with Crippen LogP contribution in [0.4, 0.5) is 0 Å². The average molecular weight is 624 g/mol. The van der Waals surface area contributed by atoms with Crippen molar-refractivity contribution in [1.29, 1.82) is 0 Å². The van der Waals surface area contributed by atoms with E-state index in [-0.39, 0.29) is 54.0 Å². The third-order valence-corrected chi connectivity index (χ3v) is 12.4. The highest BCUT2D eigenvalue weighted by Crippen LogP contribution is 2.77. The summed E-state index contributed by atoms with van der Waals surface area (Å²) < 4.78 is 6.61. The average Bonchev–Trinajstić information content (AvgIpc) is 3.38. The smallest absolute Gasteiger partial charge is 0.334 e. The molecule has 3 fully saturated rings. The van der Waals surface area contributed by atoms with Crippen LogP contribution in [0.15, 0.2) is 52.7 Å². The van der Waals surface area contributed by atoms with Crippen molar-refractivity contribution in [2.45, 2.75) is 63.6 Å². The summed E-state index contributed by atoms with van der Waals surface area (Å²) in [7, 11) is 1.89. The number of aliphatic hydroxyl groups excluding tert-OH is 1. The molecule has 6 aliphatic rings. The van der Waals surface area contributed by atoms with Crippen LogP contribution in [-0.4, -0.2) is 96.8 Å². The monoisotopic (exact) mass is 623 g/mol. The first-order chi connectivity index (χ1) is 21.7. The van der Waals surface area contributed by atoms with Gasteiger partial charge in [-0.05, 0) is 74.8 Å².